The van der Waals surface area contributed by atoms with Crippen molar-refractivity contribution in [3.05, 3.63) is 92.3 Å². The molecular formula is C32H40CoN2O4. The van der Waals surface area contributed by atoms with Gasteiger partial charge in [0.1, 0.15) is 0 Å². The van der Waals surface area contributed by atoms with Gasteiger partial charge >= 0.3 is 0 Å². The molecule has 7 heteroatoms. The van der Waals surface area contributed by atoms with Crippen molar-refractivity contribution in [2.24, 2.45) is 0 Å². The van der Waals surface area contributed by atoms with E-state index in [9.17, 15) is 19.2 Å². The number of ketones is 4. The average molecular weight is 576 g/mol. The second-order valence-electron chi connectivity index (χ2n) is 10.3. The molecule has 39 heavy (non-hydrogen) atoms. The van der Waals surface area contributed by atoms with Crippen LogP contribution in [0.4, 0.5) is 0 Å². The summed E-state index contributed by atoms with van der Waals surface area (Å²) < 4.78 is 0. The van der Waals surface area contributed by atoms with Crippen LogP contribution < -0.4 is 10.6 Å². The molecule has 0 saturated heterocycles. The fraction of sp³-hybridized carbons (Fsp3) is 0.375. The zero-order valence-corrected chi connectivity index (χ0v) is 25.6. The number of Topliss-reactive ketones (excluding diaryl/α,β-unsaturated/α-hetero) is 4. The van der Waals surface area contributed by atoms with Crippen LogP contribution in [0.1, 0.15) is 84.3 Å². The number of allylic oxidation sites excluding steroid dienone is 2. The predicted octanol–water partition coefficient (Wildman–Crippen LogP) is 5.62. The zero-order valence-electron chi connectivity index (χ0n) is 24.6. The molecule has 0 aliphatic carbocycles. The molecule has 0 unspecified atom stereocenters. The van der Waals surface area contributed by atoms with E-state index in [0.717, 1.165) is 44.5 Å². The first-order chi connectivity index (χ1) is 17.6. The molecule has 0 aliphatic heterocycles. The third kappa shape index (κ3) is 8.34. The van der Waals surface area contributed by atoms with E-state index in [4.69, 9.17) is 0 Å². The molecular weight excluding hydrogens is 535 g/mol. The number of carbonyl (C=O) groups is 4. The van der Waals surface area contributed by atoms with Crippen LogP contribution in [0.5, 0.6) is 0 Å². The Morgan fingerprint density at radius 1 is 0.538 bits per heavy atom. The van der Waals surface area contributed by atoms with Crippen LogP contribution in [-0.4, -0.2) is 23.1 Å². The summed E-state index contributed by atoms with van der Waals surface area (Å²) in [6, 6.07) is 7.46. The molecule has 0 aliphatic rings. The van der Waals surface area contributed by atoms with Gasteiger partial charge in [0.2, 0.25) is 0 Å². The average Bonchev–Trinajstić information content (AvgIpc) is 2.74. The number of nitrogens with one attached hydrogen (secondary N) is 2. The summed E-state index contributed by atoms with van der Waals surface area (Å²) in [6.07, 6.45) is 2.98. The summed E-state index contributed by atoms with van der Waals surface area (Å²) >= 11 is 0. The fourth-order valence-electron chi connectivity index (χ4n) is 5.30. The van der Waals surface area contributed by atoms with E-state index < -0.39 is 12.1 Å². The van der Waals surface area contributed by atoms with Gasteiger partial charge in [0.15, 0.2) is 23.1 Å². The molecule has 2 atom stereocenters. The van der Waals surface area contributed by atoms with E-state index in [2.05, 4.69) is 34.9 Å². The SMILES string of the molecule is CC(=O)C(=CN[C@@H](c1c(C)cc(C)cc1C)[C@@H](NC=C(C(C)=O)C(C)=O)c1c(C)cc(C)cc1C)C(C)=O.[Co]. The Bertz CT molecular complexity index is 1170. The summed E-state index contributed by atoms with van der Waals surface area (Å²) in [7, 11) is 0. The minimum atomic E-state index is -0.458. The third-order valence-corrected chi connectivity index (χ3v) is 6.76. The van der Waals surface area contributed by atoms with Gasteiger partial charge in [0, 0.05) is 29.2 Å². The van der Waals surface area contributed by atoms with Crippen molar-refractivity contribution >= 4 is 23.1 Å². The molecule has 2 rings (SSSR count). The standard InChI is InChI=1S/C32H40N2O4.Co/c1-17-11-19(3)29(20(4)12-17)31(33-15-27(23(7)35)24(8)36)32(34-16-28(25(9)37)26(10)38)30-21(5)13-18(2)14-22(30)6;/h11-16,31-34H,1-10H3;/t31-,32-;/m0./s1. The number of carbonyl (C=O) groups excluding carboxylic acids is 4. The van der Waals surface area contributed by atoms with Crippen LogP contribution in [0, 0.1) is 41.5 Å². The maximum Gasteiger partial charge on any atom is 0.164 e. The summed E-state index contributed by atoms with van der Waals surface area (Å²) in [4.78, 5) is 48.9. The van der Waals surface area contributed by atoms with Crippen molar-refractivity contribution < 1.29 is 36.0 Å². The van der Waals surface area contributed by atoms with Crippen LogP contribution in [-0.2, 0) is 36.0 Å². The minimum Gasteiger partial charge on any atom is -0.381 e. The Kier molecular flexibility index (Phi) is 12.3. The van der Waals surface area contributed by atoms with E-state index in [-0.39, 0.29) is 51.1 Å². The Labute approximate surface area is 242 Å². The summed E-state index contributed by atoms with van der Waals surface area (Å²) in [5.41, 5.74) is 8.52. The van der Waals surface area contributed by atoms with Gasteiger partial charge < -0.3 is 10.6 Å². The Balaban J connectivity index is 0.00000760. The number of hydrogen-bond acceptors (Lipinski definition) is 6. The number of rotatable bonds is 11. The van der Waals surface area contributed by atoms with Gasteiger partial charge in [-0.3, -0.25) is 19.2 Å². The second-order valence-corrected chi connectivity index (χ2v) is 10.3. The largest absolute Gasteiger partial charge is 0.381 e. The first kappa shape index (κ1) is 33.7. The maximum atomic E-state index is 12.2. The van der Waals surface area contributed by atoms with Crippen LogP contribution >= 0.6 is 0 Å². The van der Waals surface area contributed by atoms with Gasteiger partial charge in [-0.15, -0.1) is 0 Å². The Morgan fingerprint density at radius 2 is 0.769 bits per heavy atom. The van der Waals surface area contributed by atoms with Crippen molar-refractivity contribution in [1.82, 2.24) is 10.6 Å². The van der Waals surface area contributed by atoms with Crippen molar-refractivity contribution in [1.29, 1.82) is 0 Å². The molecule has 2 aromatic rings. The van der Waals surface area contributed by atoms with Gasteiger partial charge in [-0.25, -0.2) is 0 Å². The monoisotopic (exact) mass is 575 g/mol. The van der Waals surface area contributed by atoms with Crippen molar-refractivity contribution in [3.8, 4) is 0 Å². The summed E-state index contributed by atoms with van der Waals surface area (Å²) in [5, 5.41) is 6.77. The normalized spacial score (nSPS) is 11.8. The van der Waals surface area contributed by atoms with Gasteiger partial charge in [0.25, 0.3) is 0 Å². The molecule has 211 valence electrons. The summed E-state index contributed by atoms with van der Waals surface area (Å²) in [5.74, 6) is -1.32. The van der Waals surface area contributed by atoms with E-state index in [1.165, 1.54) is 40.1 Å². The fourth-order valence-corrected chi connectivity index (χ4v) is 5.30. The van der Waals surface area contributed by atoms with Crippen LogP contribution in [0.15, 0.2) is 47.8 Å². The molecule has 0 bridgehead atoms. The number of aryl methyl sites for hydroxylation is 6. The molecule has 0 saturated carbocycles. The maximum absolute atomic E-state index is 12.2. The van der Waals surface area contributed by atoms with E-state index in [1.807, 2.05) is 41.5 Å². The number of benzene rings is 2. The van der Waals surface area contributed by atoms with Gasteiger partial charge in [-0.2, -0.15) is 0 Å². The Hall–Kier alpha value is -3.29. The zero-order chi connectivity index (χ0) is 28.9. The second kappa shape index (κ2) is 14.2. The van der Waals surface area contributed by atoms with Crippen LogP contribution in [0.2, 0.25) is 0 Å². The molecule has 2 N–H and O–H groups in total. The molecule has 0 aromatic heterocycles. The van der Waals surface area contributed by atoms with Crippen LogP contribution in [0.25, 0.3) is 0 Å². The van der Waals surface area contributed by atoms with Crippen molar-refractivity contribution in [3.63, 3.8) is 0 Å². The summed E-state index contributed by atoms with van der Waals surface area (Å²) in [6.45, 7) is 17.7. The Morgan fingerprint density at radius 3 is 0.974 bits per heavy atom. The first-order valence-corrected chi connectivity index (χ1v) is 12.8. The van der Waals surface area contributed by atoms with Gasteiger partial charge in [-0.05, 0) is 103 Å². The van der Waals surface area contributed by atoms with Crippen molar-refractivity contribution in [2.75, 3.05) is 0 Å². The molecule has 1 radical (unpaired) electrons. The van der Waals surface area contributed by atoms with Gasteiger partial charge in [-0.1, -0.05) is 35.4 Å². The van der Waals surface area contributed by atoms with Crippen molar-refractivity contribution in [2.45, 2.75) is 81.3 Å². The van der Waals surface area contributed by atoms with E-state index >= 15 is 0 Å². The first-order valence-electron chi connectivity index (χ1n) is 12.8. The predicted molar refractivity (Wildman–Crippen MR) is 152 cm³/mol. The molecule has 2 aromatic carbocycles. The molecule has 0 fully saturated rings. The molecule has 0 spiro atoms. The van der Waals surface area contributed by atoms with E-state index in [0.29, 0.717) is 0 Å². The molecule has 0 heterocycles. The van der Waals surface area contributed by atoms with E-state index in [1.54, 1.807) is 0 Å². The van der Waals surface area contributed by atoms with Crippen LogP contribution in [0.3, 0.4) is 0 Å². The molecule has 0 amide bonds. The minimum absolute atomic E-state index is 0. The quantitative estimate of drug-likeness (QED) is 0.205. The smallest absolute Gasteiger partial charge is 0.164 e. The molecule has 6 nitrogen and oxygen atoms in total. The van der Waals surface area contributed by atoms with Gasteiger partial charge in [0.05, 0.1) is 23.2 Å². The topological polar surface area (TPSA) is 92.3 Å². The third-order valence-electron chi connectivity index (χ3n) is 6.76. The number of hydrogen-bond donors (Lipinski definition) is 2.